The van der Waals surface area contributed by atoms with Crippen LogP contribution in [0.15, 0.2) is 4.99 Å². The summed E-state index contributed by atoms with van der Waals surface area (Å²) in [5, 5.41) is 0. The predicted molar refractivity (Wildman–Crippen MR) is 38.5 cm³/mol. The lowest BCUT2D eigenvalue weighted by Crippen LogP contribution is -2.10. The first-order chi connectivity index (χ1) is 4.45. The molecule has 2 aliphatic heterocycles. The molecule has 2 unspecified atom stereocenters. The SMILES string of the molecule is [CH]1CC2C=NC(C1)CC2. The van der Waals surface area contributed by atoms with Gasteiger partial charge in [0.2, 0.25) is 0 Å². The third-order valence-electron chi connectivity index (χ3n) is 2.29. The highest BCUT2D eigenvalue weighted by Gasteiger charge is 2.20. The molecular weight excluding hydrogens is 110 g/mol. The molecule has 1 saturated carbocycles. The normalized spacial score (nSPS) is 40.9. The van der Waals surface area contributed by atoms with Gasteiger partial charge >= 0.3 is 0 Å². The van der Waals surface area contributed by atoms with E-state index in [1.807, 2.05) is 0 Å². The van der Waals surface area contributed by atoms with Crippen molar-refractivity contribution in [2.45, 2.75) is 31.7 Å². The first kappa shape index (κ1) is 5.45. The van der Waals surface area contributed by atoms with Gasteiger partial charge in [0.15, 0.2) is 0 Å². The lowest BCUT2D eigenvalue weighted by atomic mass is 10.00. The van der Waals surface area contributed by atoms with E-state index >= 15 is 0 Å². The fourth-order valence-corrected chi connectivity index (χ4v) is 1.66. The summed E-state index contributed by atoms with van der Waals surface area (Å²) in [6.07, 6.45) is 9.78. The number of hydrogen-bond donors (Lipinski definition) is 0. The van der Waals surface area contributed by atoms with Crippen molar-refractivity contribution in [2.24, 2.45) is 10.9 Å². The Hall–Kier alpha value is -0.330. The molecule has 9 heavy (non-hydrogen) atoms. The summed E-state index contributed by atoms with van der Waals surface area (Å²) in [4.78, 5) is 4.44. The van der Waals surface area contributed by atoms with Crippen LogP contribution in [0.4, 0.5) is 0 Å². The smallest absolute Gasteiger partial charge is 0.0498 e. The maximum Gasteiger partial charge on any atom is 0.0498 e. The van der Waals surface area contributed by atoms with Gasteiger partial charge in [-0.3, -0.25) is 4.99 Å². The van der Waals surface area contributed by atoms with Gasteiger partial charge in [-0.25, -0.2) is 0 Å². The molecular formula is C8H12N. The summed E-state index contributed by atoms with van der Waals surface area (Å²) < 4.78 is 0. The van der Waals surface area contributed by atoms with Gasteiger partial charge in [-0.05, 0) is 38.0 Å². The van der Waals surface area contributed by atoms with E-state index in [2.05, 4.69) is 17.6 Å². The summed E-state index contributed by atoms with van der Waals surface area (Å²) in [5.74, 6) is 0.795. The van der Waals surface area contributed by atoms with E-state index in [0.717, 1.165) is 5.92 Å². The molecule has 0 spiro atoms. The van der Waals surface area contributed by atoms with Crippen molar-refractivity contribution in [1.82, 2.24) is 0 Å². The Morgan fingerprint density at radius 2 is 2.22 bits per heavy atom. The molecule has 1 heteroatoms. The van der Waals surface area contributed by atoms with Crippen molar-refractivity contribution in [3.05, 3.63) is 6.42 Å². The fourth-order valence-electron chi connectivity index (χ4n) is 1.66. The van der Waals surface area contributed by atoms with E-state index in [1.54, 1.807) is 0 Å². The minimum absolute atomic E-state index is 0.656. The predicted octanol–water partition coefficient (Wildman–Crippen LogP) is 1.83. The largest absolute Gasteiger partial charge is 0.294 e. The van der Waals surface area contributed by atoms with Crippen molar-refractivity contribution in [1.29, 1.82) is 0 Å². The average molecular weight is 122 g/mol. The van der Waals surface area contributed by atoms with Crippen molar-refractivity contribution in [3.63, 3.8) is 0 Å². The topological polar surface area (TPSA) is 12.4 Å². The van der Waals surface area contributed by atoms with Crippen molar-refractivity contribution >= 4 is 6.21 Å². The van der Waals surface area contributed by atoms with Crippen LogP contribution in [0.5, 0.6) is 0 Å². The third-order valence-corrected chi connectivity index (χ3v) is 2.29. The first-order valence-electron chi connectivity index (χ1n) is 3.80. The van der Waals surface area contributed by atoms with Gasteiger partial charge in [0.25, 0.3) is 0 Å². The van der Waals surface area contributed by atoms with Crippen LogP contribution >= 0.6 is 0 Å². The zero-order chi connectivity index (χ0) is 6.10. The molecule has 1 radical (unpaired) electrons. The van der Waals surface area contributed by atoms with Crippen LogP contribution in [0, 0.1) is 12.3 Å². The van der Waals surface area contributed by atoms with E-state index in [0.29, 0.717) is 6.04 Å². The van der Waals surface area contributed by atoms with E-state index in [1.165, 1.54) is 25.7 Å². The second-order valence-corrected chi connectivity index (χ2v) is 3.05. The summed E-state index contributed by atoms with van der Waals surface area (Å²) in [6, 6.07) is 0.656. The highest BCUT2D eigenvalue weighted by molar-refractivity contribution is 5.62. The third kappa shape index (κ3) is 1.00. The molecule has 1 fully saturated rings. The number of aliphatic imine (C=N–C) groups is 1. The Kier molecular flexibility index (Phi) is 1.29. The minimum atomic E-state index is 0.656. The monoisotopic (exact) mass is 122 g/mol. The van der Waals surface area contributed by atoms with Crippen molar-refractivity contribution < 1.29 is 0 Å². The molecule has 0 saturated heterocycles. The zero-order valence-corrected chi connectivity index (χ0v) is 5.59. The minimum Gasteiger partial charge on any atom is -0.294 e. The lowest BCUT2D eigenvalue weighted by Gasteiger charge is -2.14. The number of nitrogens with zero attached hydrogens (tertiary/aromatic N) is 1. The second-order valence-electron chi connectivity index (χ2n) is 3.05. The lowest BCUT2D eigenvalue weighted by molar-refractivity contribution is 0.543. The Morgan fingerprint density at radius 1 is 1.22 bits per heavy atom. The Morgan fingerprint density at radius 3 is 3.00 bits per heavy atom. The molecule has 0 N–H and O–H groups in total. The molecule has 49 valence electrons. The van der Waals surface area contributed by atoms with E-state index in [-0.39, 0.29) is 0 Å². The van der Waals surface area contributed by atoms with Gasteiger partial charge in [-0.1, -0.05) is 0 Å². The van der Waals surface area contributed by atoms with E-state index < -0.39 is 0 Å². The van der Waals surface area contributed by atoms with Gasteiger partial charge < -0.3 is 0 Å². The standard InChI is InChI=1S/C8H12N/c1-2-7-4-5-8(3-1)9-6-7/h1,6-8H,2-5H2. The fraction of sp³-hybridized carbons (Fsp3) is 0.750. The molecule has 3 aliphatic rings. The average Bonchev–Trinajstić information content (AvgIpc) is 2.21. The number of rotatable bonds is 0. The van der Waals surface area contributed by atoms with Crippen molar-refractivity contribution in [2.75, 3.05) is 0 Å². The number of hydrogen-bond acceptors (Lipinski definition) is 1. The maximum absolute atomic E-state index is 4.44. The molecule has 2 atom stereocenters. The van der Waals surface area contributed by atoms with Crippen LogP contribution < -0.4 is 0 Å². The van der Waals surface area contributed by atoms with Crippen LogP contribution in [-0.4, -0.2) is 12.3 Å². The van der Waals surface area contributed by atoms with Crippen LogP contribution in [0.1, 0.15) is 25.7 Å². The molecule has 1 nitrogen and oxygen atoms in total. The highest BCUT2D eigenvalue weighted by atomic mass is 14.8. The van der Waals surface area contributed by atoms with Crippen LogP contribution in [-0.2, 0) is 0 Å². The zero-order valence-electron chi connectivity index (χ0n) is 5.59. The summed E-state index contributed by atoms with van der Waals surface area (Å²) in [5.41, 5.74) is 0. The summed E-state index contributed by atoms with van der Waals surface area (Å²) >= 11 is 0. The maximum atomic E-state index is 4.44. The van der Waals surface area contributed by atoms with Crippen LogP contribution in [0.25, 0.3) is 0 Å². The second kappa shape index (κ2) is 2.13. The van der Waals surface area contributed by atoms with Crippen molar-refractivity contribution in [3.8, 4) is 0 Å². The number of fused-ring (bicyclic) bond motifs is 3. The summed E-state index contributed by atoms with van der Waals surface area (Å²) in [6.45, 7) is 0. The molecule has 0 aromatic rings. The molecule has 3 rings (SSSR count). The Balaban J connectivity index is 2.15. The first-order valence-corrected chi connectivity index (χ1v) is 3.80. The van der Waals surface area contributed by atoms with Gasteiger partial charge in [0.05, 0.1) is 0 Å². The van der Waals surface area contributed by atoms with Crippen LogP contribution in [0.2, 0.25) is 0 Å². The Labute approximate surface area is 56.2 Å². The quantitative estimate of drug-likeness (QED) is 0.465. The Bertz CT molecular complexity index is 111. The van der Waals surface area contributed by atoms with Gasteiger partial charge in [0.1, 0.15) is 0 Å². The van der Waals surface area contributed by atoms with Gasteiger partial charge in [0, 0.05) is 12.3 Å². The molecule has 0 aromatic heterocycles. The molecule has 0 aromatic carbocycles. The highest BCUT2D eigenvalue weighted by Crippen LogP contribution is 2.27. The molecule has 2 heterocycles. The molecule has 2 bridgehead atoms. The van der Waals surface area contributed by atoms with Gasteiger partial charge in [-0.2, -0.15) is 0 Å². The van der Waals surface area contributed by atoms with Gasteiger partial charge in [-0.15, -0.1) is 0 Å². The van der Waals surface area contributed by atoms with Crippen LogP contribution in [0.3, 0.4) is 0 Å². The van der Waals surface area contributed by atoms with E-state index in [9.17, 15) is 0 Å². The molecule has 0 amide bonds. The van der Waals surface area contributed by atoms with E-state index in [4.69, 9.17) is 0 Å². The summed E-state index contributed by atoms with van der Waals surface area (Å²) in [7, 11) is 0. The molecule has 1 aliphatic carbocycles.